The van der Waals surface area contributed by atoms with Gasteiger partial charge in [-0.25, -0.2) is 0 Å². The Labute approximate surface area is 538 Å². The fourth-order valence-corrected chi connectivity index (χ4v) is 10.8. The molecule has 3 heterocycles. The van der Waals surface area contributed by atoms with E-state index in [-0.39, 0.29) is 18.9 Å². The molecule has 17 unspecified atom stereocenters. The fourth-order valence-electron chi connectivity index (χ4n) is 10.8. The van der Waals surface area contributed by atoms with Gasteiger partial charge in [-0.2, -0.15) is 0 Å². The van der Waals surface area contributed by atoms with Crippen LogP contribution in [-0.4, -0.2) is 193 Å². The van der Waals surface area contributed by atoms with Gasteiger partial charge in [-0.05, 0) is 89.9 Å². The lowest BCUT2D eigenvalue weighted by Gasteiger charge is -2.48. The second kappa shape index (κ2) is 51.8. The van der Waals surface area contributed by atoms with Crippen LogP contribution in [-0.2, 0) is 33.2 Å². The highest BCUT2D eigenvalue weighted by Gasteiger charge is 2.53. The normalized spacial score (nSPS) is 28.7. The third kappa shape index (κ3) is 33.5. The lowest BCUT2D eigenvalue weighted by Crippen LogP contribution is -2.66. The highest BCUT2D eigenvalue weighted by molar-refractivity contribution is 5.76. The number of rotatable bonds is 50. The summed E-state index contributed by atoms with van der Waals surface area (Å²) in [5, 5.41) is 120. The first-order valence-electron chi connectivity index (χ1n) is 34.1. The van der Waals surface area contributed by atoms with Crippen LogP contribution in [0.4, 0.5) is 0 Å². The molecule has 0 aromatic carbocycles. The van der Waals surface area contributed by atoms with E-state index in [1.807, 2.05) is 6.08 Å². The van der Waals surface area contributed by atoms with Crippen molar-refractivity contribution in [1.82, 2.24) is 5.32 Å². The second-order valence-corrected chi connectivity index (χ2v) is 23.9. The number of aliphatic hydroxyl groups is 11. The highest BCUT2D eigenvalue weighted by atomic mass is 16.8. The van der Waals surface area contributed by atoms with E-state index in [2.05, 4.69) is 116 Å². The Morgan fingerprint density at radius 1 is 0.411 bits per heavy atom. The van der Waals surface area contributed by atoms with E-state index in [1.54, 1.807) is 6.08 Å². The minimum absolute atomic E-state index is 0.188. The molecule has 3 aliphatic rings. The van der Waals surface area contributed by atoms with Gasteiger partial charge in [-0.15, -0.1) is 0 Å². The molecule has 0 bridgehead atoms. The summed E-state index contributed by atoms with van der Waals surface area (Å²) in [5.74, 6) is -0.322. The molecule has 17 atom stereocenters. The van der Waals surface area contributed by atoms with E-state index in [0.717, 1.165) is 83.5 Å². The number of hydrogen-bond acceptors (Lipinski definition) is 18. The molecule has 0 aliphatic carbocycles. The monoisotopic (exact) mass is 1270 g/mol. The maximum absolute atomic E-state index is 13.4. The number of unbranched alkanes of at least 4 members (excludes halogenated alkanes) is 18. The Morgan fingerprint density at radius 3 is 1.24 bits per heavy atom. The van der Waals surface area contributed by atoms with Crippen LogP contribution >= 0.6 is 0 Å². The molecule has 1 amide bonds. The van der Waals surface area contributed by atoms with Gasteiger partial charge >= 0.3 is 0 Å². The molecule has 0 spiro atoms. The number of nitrogens with one attached hydrogen (secondary N) is 1. The number of carbonyl (C=O) groups excluding carboxylic acids is 1. The van der Waals surface area contributed by atoms with Crippen molar-refractivity contribution in [3.63, 3.8) is 0 Å². The Balaban J connectivity index is 1.48. The van der Waals surface area contributed by atoms with Crippen LogP contribution in [0.3, 0.4) is 0 Å². The second-order valence-electron chi connectivity index (χ2n) is 23.9. The Hall–Kier alpha value is -3.55. The Bertz CT molecular complexity index is 2060. The van der Waals surface area contributed by atoms with Gasteiger partial charge in [-0.1, -0.05) is 213 Å². The fraction of sp³-hybridized carbons (Fsp3) is 0.732. The maximum atomic E-state index is 13.4. The largest absolute Gasteiger partial charge is 0.394 e. The summed E-state index contributed by atoms with van der Waals surface area (Å²) < 4.78 is 34.3. The van der Waals surface area contributed by atoms with Crippen LogP contribution < -0.4 is 5.32 Å². The molecule has 3 aliphatic heterocycles. The summed E-state index contributed by atoms with van der Waals surface area (Å²) in [6, 6.07) is -1.02. The number of carbonyl (C=O) groups is 1. The van der Waals surface area contributed by atoms with Crippen molar-refractivity contribution in [2.45, 2.75) is 304 Å². The zero-order chi connectivity index (χ0) is 65.4. The van der Waals surface area contributed by atoms with E-state index in [1.165, 1.54) is 83.5 Å². The third-order valence-corrected chi connectivity index (χ3v) is 16.3. The summed E-state index contributed by atoms with van der Waals surface area (Å²) in [5.41, 5.74) is 0. The smallest absolute Gasteiger partial charge is 0.220 e. The van der Waals surface area contributed by atoms with Crippen molar-refractivity contribution in [3.8, 4) is 0 Å². The molecule has 0 aromatic heterocycles. The zero-order valence-corrected chi connectivity index (χ0v) is 54.3. The first-order chi connectivity index (χ1) is 43.8. The molecule has 0 saturated carbocycles. The minimum Gasteiger partial charge on any atom is -0.394 e. The quantitative estimate of drug-likeness (QED) is 0.0200. The Kier molecular flexibility index (Phi) is 46.5. The van der Waals surface area contributed by atoms with E-state index < -0.39 is 124 Å². The summed E-state index contributed by atoms with van der Waals surface area (Å²) in [6.45, 7) is 1.56. The SMILES string of the molecule is CC/C=C\C/C=C\C/C=C\C/C=C\C/C=C\C/C=C\C/C=C\CCCCCC(=O)NC(COC1OC(CO)C(OC2OC(CO)C(OC3OC(CO)C(O)C(O)C3O)C(O)C2O)C(O)C1O)C(O)/C=C/CC/C=C/CCCCCCCCCCCCCCCC. The predicted octanol–water partition coefficient (Wildman–Crippen LogP) is 8.66. The topological polar surface area (TPSA) is 307 Å². The lowest BCUT2D eigenvalue weighted by atomic mass is 9.96. The molecule has 3 fully saturated rings. The van der Waals surface area contributed by atoms with Crippen LogP contribution in [0.5, 0.6) is 0 Å². The predicted molar refractivity (Wildman–Crippen MR) is 350 cm³/mol. The first-order valence-corrected chi connectivity index (χ1v) is 34.1. The molecule has 90 heavy (non-hydrogen) atoms. The number of amides is 1. The summed E-state index contributed by atoms with van der Waals surface area (Å²) >= 11 is 0. The Morgan fingerprint density at radius 2 is 0.778 bits per heavy atom. The standard InChI is InChI=1S/C71H119NO18/c1-3-5-7-9-11-13-15-17-19-21-23-25-26-27-28-29-31-33-35-37-39-41-43-45-47-49-59(77)72-54(55(76)48-46-44-42-40-38-36-34-32-30-24-22-20-18-16-14-12-10-8-6-4-2)53-85-69-65(83)62(80)67(57(51-74)87-69)90-71-66(84)63(81)68(58(52-75)88-71)89-70-64(82)61(79)60(78)56(50-73)86-70/h5,7,11,13,17,19,23,25,27-28,31,33,37-40,46,48,54-58,60-71,73-76,78-84H,3-4,6,8-10,12,14-16,18,20-22,24,26,29-30,32,34-36,41-45,47,49-53H2,1-2H3,(H,72,77)/b7-5-,13-11-,19-17-,25-23-,28-27-,33-31-,39-37-,40-38+,48-46+. The number of allylic oxidation sites excluding steroid dienone is 17. The molecule has 19 nitrogen and oxygen atoms in total. The van der Waals surface area contributed by atoms with Gasteiger partial charge in [-0.3, -0.25) is 4.79 Å². The van der Waals surface area contributed by atoms with Gasteiger partial charge in [0.2, 0.25) is 5.91 Å². The molecule has 3 rings (SSSR count). The van der Waals surface area contributed by atoms with Crippen LogP contribution in [0.15, 0.2) is 109 Å². The number of ether oxygens (including phenoxy) is 6. The minimum atomic E-state index is -1.99. The highest BCUT2D eigenvalue weighted by Crippen LogP contribution is 2.33. The van der Waals surface area contributed by atoms with Crippen molar-refractivity contribution >= 4 is 5.91 Å². The summed E-state index contributed by atoms with van der Waals surface area (Å²) in [4.78, 5) is 13.4. The number of aliphatic hydroxyl groups excluding tert-OH is 11. The van der Waals surface area contributed by atoms with Gasteiger partial charge in [0.15, 0.2) is 18.9 Å². The van der Waals surface area contributed by atoms with E-state index >= 15 is 0 Å². The van der Waals surface area contributed by atoms with Crippen molar-refractivity contribution in [1.29, 1.82) is 0 Å². The van der Waals surface area contributed by atoms with Crippen LogP contribution in [0.25, 0.3) is 0 Å². The van der Waals surface area contributed by atoms with Crippen LogP contribution in [0, 0.1) is 0 Å². The maximum Gasteiger partial charge on any atom is 0.220 e. The van der Waals surface area contributed by atoms with E-state index in [4.69, 9.17) is 28.4 Å². The van der Waals surface area contributed by atoms with E-state index in [9.17, 15) is 61.0 Å². The van der Waals surface area contributed by atoms with Gasteiger partial charge in [0.05, 0.1) is 38.6 Å². The summed E-state index contributed by atoms with van der Waals surface area (Å²) in [7, 11) is 0. The molecule has 19 heteroatoms. The lowest BCUT2D eigenvalue weighted by molar-refractivity contribution is -0.379. The van der Waals surface area contributed by atoms with Gasteiger partial charge in [0.25, 0.3) is 0 Å². The number of hydrogen-bond donors (Lipinski definition) is 12. The van der Waals surface area contributed by atoms with Crippen molar-refractivity contribution in [2.24, 2.45) is 0 Å². The average molecular weight is 1270 g/mol. The van der Waals surface area contributed by atoms with Crippen molar-refractivity contribution in [2.75, 3.05) is 26.4 Å². The molecule has 0 radical (unpaired) electrons. The van der Waals surface area contributed by atoms with Gasteiger partial charge < -0.3 is 89.9 Å². The van der Waals surface area contributed by atoms with Crippen LogP contribution in [0.1, 0.15) is 200 Å². The molecular weight excluding hydrogens is 1150 g/mol. The van der Waals surface area contributed by atoms with Gasteiger partial charge in [0, 0.05) is 6.42 Å². The summed E-state index contributed by atoms with van der Waals surface area (Å²) in [6.07, 6.45) is 42.0. The van der Waals surface area contributed by atoms with Crippen molar-refractivity contribution in [3.05, 3.63) is 109 Å². The molecule has 12 N–H and O–H groups in total. The molecule has 516 valence electrons. The first kappa shape index (κ1) is 80.7. The molecular formula is C71H119NO18. The molecule has 0 aromatic rings. The molecule has 3 saturated heterocycles. The van der Waals surface area contributed by atoms with E-state index in [0.29, 0.717) is 12.8 Å². The van der Waals surface area contributed by atoms with Crippen LogP contribution in [0.2, 0.25) is 0 Å². The van der Waals surface area contributed by atoms with Crippen molar-refractivity contribution < 1.29 is 89.4 Å². The zero-order valence-electron chi connectivity index (χ0n) is 54.3. The third-order valence-electron chi connectivity index (χ3n) is 16.3. The van der Waals surface area contributed by atoms with Gasteiger partial charge in [0.1, 0.15) is 73.2 Å². The average Bonchev–Trinajstić information content (AvgIpc) is 0.847.